The number of benzene rings is 1. The third-order valence-corrected chi connectivity index (χ3v) is 2.08. The Kier molecular flexibility index (Phi) is 2.25. The van der Waals surface area contributed by atoms with E-state index in [-0.39, 0.29) is 18.0 Å². The zero-order valence-corrected chi connectivity index (χ0v) is 7.77. The molecule has 4 heteroatoms. The average molecular weight is 204 g/mol. The molecule has 0 saturated carbocycles. The Morgan fingerprint density at radius 3 is 2.87 bits per heavy atom. The number of aromatic carboxylic acids is 1. The number of fused-ring (bicyclic) bond motifs is 1. The zero-order chi connectivity index (χ0) is 10.8. The third-order valence-electron chi connectivity index (χ3n) is 2.08. The van der Waals surface area contributed by atoms with Crippen LogP contribution in [-0.2, 0) is 4.79 Å². The summed E-state index contributed by atoms with van der Waals surface area (Å²) in [6.07, 6.45) is 2.95. The van der Waals surface area contributed by atoms with Gasteiger partial charge in [0.2, 0.25) is 0 Å². The summed E-state index contributed by atoms with van der Waals surface area (Å²) in [5.74, 6) is -0.605. The lowest BCUT2D eigenvalue weighted by Gasteiger charge is -2.05. The van der Waals surface area contributed by atoms with Gasteiger partial charge in [-0.05, 0) is 30.4 Å². The van der Waals surface area contributed by atoms with Crippen LogP contribution in [0.5, 0.6) is 5.75 Å². The van der Waals surface area contributed by atoms with Crippen molar-refractivity contribution >= 4 is 17.8 Å². The quantitative estimate of drug-likeness (QED) is 0.750. The highest BCUT2D eigenvalue weighted by atomic mass is 16.5. The van der Waals surface area contributed by atoms with E-state index in [2.05, 4.69) is 0 Å². The van der Waals surface area contributed by atoms with Crippen molar-refractivity contribution in [2.75, 3.05) is 6.61 Å². The second kappa shape index (κ2) is 3.57. The molecule has 4 nitrogen and oxygen atoms in total. The number of hydrogen-bond donors (Lipinski definition) is 1. The van der Waals surface area contributed by atoms with Gasteiger partial charge in [0.25, 0.3) is 0 Å². The maximum absolute atomic E-state index is 11.0. The standard InChI is InChI=1S/C11H8O4/c12-9-3-1-7-5-8(11(13)14)2-4-10(7)15-6-9/h1-5H,6H2,(H,13,14). The number of ether oxygens (including phenoxy) is 1. The molecule has 0 aliphatic carbocycles. The normalized spacial score (nSPS) is 14.0. The molecule has 0 unspecified atom stereocenters. The number of rotatable bonds is 1. The molecule has 1 aromatic carbocycles. The first-order chi connectivity index (χ1) is 7.16. The van der Waals surface area contributed by atoms with Gasteiger partial charge in [-0.15, -0.1) is 0 Å². The van der Waals surface area contributed by atoms with Gasteiger partial charge in [0.1, 0.15) is 5.75 Å². The summed E-state index contributed by atoms with van der Waals surface area (Å²) in [4.78, 5) is 21.7. The summed E-state index contributed by atoms with van der Waals surface area (Å²) in [7, 11) is 0. The molecular weight excluding hydrogens is 196 g/mol. The molecule has 2 rings (SSSR count). The van der Waals surface area contributed by atoms with Crippen LogP contribution in [0.4, 0.5) is 0 Å². The second-order valence-electron chi connectivity index (χ2n) is 3.15. The Morgan fingerprint density at radius 2 is 2.13 bits per heavy atom. The smallest absolute Gasteiger partial charge is 0.335 e. The van der Waals surface area contributed by atoms with Crippen molar-refractivity contribution in [1.82, 2.24) is 0 Å². The topological polar surface area (TPSA) is 63.6 Å². The molecule has 1 heterocycles. The van der Waals surface area contributed by atoms with Crippen LogP contribution in [0.1, 0.15) is 15.9 Å². The van der Waals surface area contributed by atoms with E-state index >= 15 is 0 Å². The van der Waals surface area contributed by atoms with E-state index in [1.807, 2.05) is 0 Å². The fraction of sp³-hybridized carbons (Fsp3) is 0.0909. The van der Waals surface area contributed by atoms with Gasteiger partial charge in [-0.25, -0.2) is 4.79 Å². The minimum absolute atomic E-state index is 0.00405. The summed E-state index contributed by atoms with van der Waals surface area (Å²) in [6.45, 7) is -0.00405. The predicted molar refractivity (Wildman–Crippen MR) is 52.9 cm³/mol. The molecule has 0 atom stereocenters. The number of carbonyl (C=O) groups excluding carboxylic acids is 1. The molecule has 0 amide bonds. The van der Waals surface area contributed by atoms with Crippen molar-refractivity contribution < 1.29 is 19.4 Å². The molecule has 1 aromatic rings. The van der Waals surface area contributed by atoms with Gasteiger partial charge in [0.15, 0.2) is 12.4 Å². The van der Waals surface area contributed by atoms with Crippen molar-refractivity contribution in [1.29, 1.82) is 0 Å². The lowest BCUT2D eigenvalue weighted by atomic mass is 10.1. The highest BCUT2D eigenvalue weighted by Gasteiger charge is 2.11. The first-order valence-corrected chi connectivity index (χ1v) is 4.38. The van der Waals surface area contributed by atoms with E-state index in [0.717, 1.165) is 0 Å². The van der Waals surface area contributed by atoms with Crippen LogP contribution in [0.3, 0.4) is 0 Å². The summed E-state index contributed by atoms with van der Waals surface area (Å²) >= 11 is 0. The van der Waals surface area contributed by atoms with Gasteiger partial charge in [-0.1, -0.05) is 0 Å². The SMILES string of the molecule is O=C1C=Cc2cc(C(=O)O)ccc2OC1. The largest absolute Gasteiger partial charge is 0.485 e. The van der Waals surface area contributed by atoms with E-state index < -0.39 is 5.97 Å². The summed E-state index contributed by atoms with van der Waals surface area (Å²) < 4.78 is 5.19. The van der Waals surface area contributed by atoms with E-state index in [9.17, 15) is 9.59 Å². The van der Waals surface area contributed by atoms with Crippen LogP contribution in [0, 0.1) is 0 Å². The first-order valence-electron chi connectivity index (χ1n) is 4.38. The van der Waals surface area contributed by atoms with Crippen molar-refractivity contribution in [2.24, 2.45) is 0 Å². The molecule has 1 aliphatic rings. The summed E-state index contributed by atoms with van der Waals surface area (Å²) in [5, 5.41) is 8.78. The maximum atomic E-state index is 11.0. The predicted octanol–water partition coefficient (Wildman–Crippen LogP) is 1.36. The molecular formula is C11H8O4. The number of hydrogen-bond acceptors (Lipinski definition) is 3. The van der Waals surface area contributed by atoms with Gasteiger partial charge in [-0.2, -0.15) is 0 Å². The van der Waals surface area contributed by atoms with Gasteiger partial charge in [0.05, 0.1) is 5.56 Å². The van der Waals surface area contributed by atoms with Crippen molar-refractivity contribution in [3.8, 4) is 5.75 Å². The highest BCUT2D eigenvalue weighted by molar-refractivity contribution is 5.96. The number of carboxylic acids is 1. The Balaban J connectivity index is 2.46. The minimum Gasteiger partial charge on any atom is -0.485 e. The number of ketones is 1. The Labute approximate surface area is 85.8 Å². The Bertz CT molecular complexity index is 460. The number of carboxylic acid groups (broad SMARTS) is 1. The van der Waals surface area contributed by atoms with Gasteiger partial charge in [-0.3, -0.25) is 4.79 Å². The van der Waals surface area contributed by atoms with Crippen molar-refractivity contribution in [3.05, 3.63) is 35.4 Å². The molecule has 0 fully saturated rings. The lowest BCUT2D eigenvalue weighted by molar-refractivity contribution is -0.116. The Morgan fingerprint density at radius 1 is 1.33 bits per heavy atom. The van der Waals surface area contributed by atoms with E-state index in [4.69, 9.17) is 9.84 Å². The van der Waals surface area contributed by atoms with E-state index in [0.29, 0.717) is 11.3 Å². The number of carbonyl (C=O) groups is 2. The van der Waals surface area contributed by atoms with Gasteiger partial charge < -0.3 is 9.84 Å². The van der Waals surface area contributed by atoms with Crippen LogP contribution in [0.2, 0.25) is 0 Å². The van der Waals surface area contributed by atoms with Gasteiger partial charge in [0, 0.05) is 5.56 Å². The second-order valence-corrected chi connectivity index (χ2v) is 3.15. The fourth-order valence-corrected chi connectivity index (χ4v) is 1.32. The first kappa shape index (κ1) is 9.45. The van der Waals surface area contributed by atoms with Crippen LogP contribution in [0.15, 0.2) is 24.3 Å². The van der Waals surface area contributed by atoms with Crippen LogP contribution < -0.4 is 4.74 Å². The molecule has 76 valence electrons. The van der Waals surface area contributed by atoms with E-state index in [1.54, 1.807) is 12.1 Å². The Hall–Kier alpha value is -2.10. The molecule has 0 saturated heterocycles. The average Bonchev–Trinajstić information content (AvgIpc) is 2.40. The zero-order valence-electron chi connectivity index (χ0n) is 7.77. The molecule has 0 bridgehead atoms. The van der Waals surface area contributed by atoms with Crippen molar-refractivity contribution in [3.63, 3.8) is 0 Å². The summed E-state index contributed by atoms with van der Waals surface area (Å²) in [6, 6.07) is 4.49. The molecule has 1 aliphatic heterocycles. The minimum atomic E-state index is -0.998. The highest BCUT2D eigenvalue weighted by Crippen LogP contribution is 2.23. The molecule has 0 radical (unpaired) electrons. The van der Waals surface area contributed by atoms with Crippen LogP contribution >= 0.6 is 0 Å². The molecule has 0 aromatic heterocycles. The monoisotopic (exact) mass is 204 g/mol. The lowest BCUT2D eigenvalue weighted by Crippen LogP contribution is -2.06. The van der Waals surface area contributed by atoms with Gasteiger partial charge >= 0.3 is 5.97 Å². The van der Waals surface area contributed by atoms with E-state index in [1.165, 1.54) is 18.2 Å². The fourth-order valence-electron chi connectivity index (χ4n) is 1.32. The maximum Gasteiger partial charge on any atom is 0.335 e. The molecule has 0 spiro atoms. The van der Waals surface area contributed by atoms with Crippen LogP contribution in [0.25, 0.3) is 6.08 Å². The van der Waals surface area contributed by atoms with Crippen LogP contribution in [-0.4, -0.2) is 23.5 Å². The third kappa shape index (κ3) is 1.88. The molecule has 15 heavy (non-hydrogen) atoms. The molecule has 1 N–H and O–H groups in total. The van der Waals surface area contributed by atoms with Crippen molar-refractivity contribution in [2.45, 2.75) is 0 Å². The summed E-state index contributed by atoms with van der Waals surface area (Å²) in [5.41, 5.74) is 0.789.